The number of likely N-dealkylation sites (tertiary alicyclic amines) is 1. The third-order valence-corrected chi connectivity index (χ3v) is 6.40. The third kappa shape index (κ3) is 2.52. The molecule has 0 unspecified atom stereocenters. The van der Waals surface area contributed by atoms with Crippen LogP contribution < -0.4 is 4.74 Å². The van der Waals surface area contributed by atoms with E-state index in [0.717, 1.165) is 38.1 Å². The molecular weight excluding hydrogens is 284 g/mol. The Labute approximate surface area is 129 Å². The second-order valence-corrected chi connectivity index (χ2v) is 7.92. The lowest BCUT2D eigenvalue weighted by Crippen LogP contribution is -2.62. The van der Waals surface area contributed by atoms with Crippen molar-refractivity contribution in [1.29, 1.82) is 0 Å². The molecule has 1 aromatic rings. The van der Waals surface area contributed by atoms with E-state index in [1.54, 1.807) is 6.20 Å². The Hall–Kier alpha value is -1.23. The summed E-state index contributed by atoms with van der Waals surface area (Å²) in [4.78, 5) is 18.5. The molecule has 1 spiro atoms. The molecule has 5 heteroatoms. The Bertz CT molecular complexity index is 526. The van der Waals surface area contributed by atoms with Gasteiger partial charge in [-0.1, -0.05) is 12.5 Å². The molecule has 0 bridgehead atoms. The first-order valence-corrected chi connectivity index (χ1v) is 8.73. The van der Waals surface area contributed by atoms with Crippen molar-refractivity contribution in [2.75, 3.05) is 18.8 Å². The minimum Gasteiger partial charge on any atom is -0.473 e. The first kappa shape index (κ1) is 13.4. The van der Waals surface area contributed by atoms with Gasteiger partial charge in [0, 0.05) is 43.4 Å². The Morgan fingerprint density at radius 2 is 2.24 bits per heavy atom. The standard InChI is InChI=1S/C16H20N2O2S/c19-15(12-4-3-5-12)18-10-16(11-18)8-13(9-21-16)20-14-6-1-2-7-17-14/h1-2,6-7,12-13H,3-5,8-11H2/t13-/m1/s1. The summed E-state index contributed by atoms with van der Waals surface area (Å²) in [5.74, 6) is 2.43. The van der Waals surface area contributed by atoms with Crippen LogP contribution in [0.1, 0.15) is 25.7 Å². The Balaban J connectivity index is 1.30. The summed E-state index contributed by atoms with van der Waals surface area (Å²) in [5.41, 5.74) is 0. The molecule has 1 aliphatic carbocycles. The van der Waals surface area contributed by atoms with E-state index in [-0.39, 0.29) is 10.9 Å². The van der Waals surface area contributed by atoms with E-state index in [9.17, 15) is 4.79 Å². The fourth-order valence-electron chi connectivity index (χ4n) is 3.40. The second kappa shape index (κ2) is 5.20. The number of thioether (sulfide) groups is 1. The minimum atomic E-state index is 0.228. The Morgan fingerprint density at radius 3 is 2.90 bits per heavy atom. The molecule has 3 aliphatic rings. The maximum atomic E-state index is 12.2. The quantitative estimate of drug-likeness (QED) is 0.859. The van der Waals surface area contributed by atoms with Gasteiger partial charge >= 0.3 is 0 Å². The summed E-state index contributed by atoms with van der Waals surface area (Å²) >= 11 is 1.97. The number of nitrogens with zero attached hydrogens (tertiary/aromatic N) is 2. The van der Waals surface area contributed by atoms with Gasteiger partial charge in [0.15, 0.2) is 0 Å². The van der Waals surface area contributed by atoms with Crippen molar-refractivity contribution in [1.82, 2.24) is 9.88 Å². The average Bonchev–Trinajstić information content (AvgIpc) is 2.80. The van der Waals surface area contributed by atoms with Gasteiger partial charge in [-0.25, -0.2) is 4.98 Å². The van der Waals surface area contributed by atoms with E-state index in [4.69, 9.17) is 4.74 Å². The maximum Gasteiger partial charge on any atom is 0.225 e. The predicted molar refractivity (Wildman–Crippen MR) is 82.4 cm³/mol. The summed E-state index contributed by atoms with van der Waals surface area (Å²) in [7, 11) is 0. The lowest BCUT2D eigenvalue weighted by Gasteiger charge is -2.49. The van der Waals surface area contributed by atoms with Crippen molar-refractivity contribution in [3.63, 3.8) is 0 Å². The number of pyridine rings is 1. The molecule has 1 atom stereocenters. The van der Waals surface area contributed by atoms with Crippen molar-refractivity contribution < 1.29 is 9.53 Å². The van der Waals surface area contributed by atoms with E-state index in [1.807, 2.05) is 30.0 Å². The number of aromatic nitrogens is 1. The van der Waals surface area contributed by atoms with Crippen molar-refractivity contribution in [2.45, 2.75) is 36.5 Å². The first-order valence-electron chi connectivity index (χ1n) is 7.75. The number of hydrogen-bond acceptors (Lipinski definition) is 4. The van der Waals surface area contributed by atoms with Gasteiger partial charge in [-0.15, -0.1) is 11.8 Å². The van der Waals surface area contributed by atoms with Crippen LogP contribution >= 0.6 is 11.8 Å². The monoisotopic (exact) mass is 304 g/mol. The number of carbonyl (C=O) groups is 1. The van der Waals surface area contributed by atoms with Gasteiger partial charge in [0.1, 0.15) is 6.10 Å². The number of hydrogen-bond donors (Lipinski definition) is 0. The van der Waals surface area contributed by atoms with Gasteiger partial charge in [0.05, 0.1) is 4.75 Å². The molecule has 1 saturated carbocycles. The molecule has 2 aliphatic heterocycles. The first-order chi connectivity index (χ1) is 10.2. The lowest BCUT2D eigenvalue weighted by atomic mass is 9.82. The predicted octanol–water partition coefficient (Wildman–Crippen LogP) is 2.35. The Kier molecular flexibility index (Phi) is 3.32. The topological polar surface area (TPSA) is 42.4 Å². The van der Waals surface area contributed by atoms with Gasteiger partial charge in [-0.3, -0.25) is 4.79 Å². The fourth-order valence-corrected chi connectivity index (χ4v) is 4.93. The molecule has 0 aromatic carbocycles. The van der Waals surface area contributed by atoms with Gasteiger partial charge in [-0.2, -0.15) is 0 Å². The lowest BCUT2D eigenvalue weighted by molar-refractivity contribution is -0.143. The molecule has 0 N–H and O–H groups in total. The highest BCUT2D eigenvalue weighted by molar-refractivity contribution is 8.01. The van der Waals surface area contributed by atoms with Crippen LogP contribution in [0.4, 0.5) is 0 Å². The zero-order valence-electron chi connectivity index (χ0n) is 12.0. The third-order valence-electron chi connectivity index (χ3n) is 4.82. The molecule has 3 fully saturated rings. The van der Waals surface area contributed by atoms with Gasteiger partial charge in [-0.05, 0) is 18.9 Å². The highest BCUT2D eigenvalue weighted by Crippen LogP contribution is 2.47. The molecular formula is C16H20N2O2S. The van der Waals surface area contributed by atoms with Crippen LogP contribution in [0.25, 0.3) is 0 Å². The molecule has 4 nitrogen and oxygen atoms in total. The minimum absolute atomic E-state index is 0.228. The van der Waals surface area contributed by atoms with Gasteiger partial charge in [0.25, 0.3) is 0 Å². The Morgan fingerprint density at radius 1 is 1.38 bits per heavy atom. The van der Waals surface area contributed by atoms with Crippen LogP contribution in [-0.4, -0.2) is 45.5 Å². The van der Waals surface area contributed by atoms with E-state index in [1.165, 1.54) is 6.42 Å². The fraction of sp³-hybridized carbons (Fsp3) is 0.625. The maximum absolute atomic E-state index is 12.2. The number of ether oxygens (including phenoxy) is 1. The smallest absolute Gasteiger partial charge is 0.225 e. The molecule has 21 heavy (non-hydrogen) atoms. The van der Waals surface area contributed by atoms with Gasteiger partial charge in [0.2, 0.25) is 11.8 Å². The number of carbonyl (C=O) groups excluding carboxylic acids is 1. The van der Waals surface area contributed by atoms with Crippen molar-refractivity contribution in [3.8, 4) is 5.88 Å². The summed E-state index contributed by atoms with van der Waals surface area (Å²) in [5, 5.41) is 0. The van der Waals surface area contributed by atoms with Crippen LogP contribution in [0.5, 0.6) is 5.88 Å². The zero-order chi connectivity index (χ0) is 14.3. The second-order valence-electron chi connectivity index (χ2n) is 6.43. The summed E-state index contributed by atoms with van der Waals surface area (Å²) < 4.78 is 6.20. The molecule has 2 saturated heterocycles. The van der Waals surface area contributed by atoms with Crippen LogP contribution in [0, 0.1) is 5.92 Å². The molecule has 0 radical (unpaired) electrons. The molecule has 112 valence electrons. The highest BCUT2D eigenvalue weighted by Gasteiger charge is 2.52. The zero-order valence-corrected chi connectivity index (χ0v) is 12.8. The number of rotatable bonds is 3. The van der Waals surface area contributed by atoms with E-state index in [0.29, 0.717) is 17.7 Å². The van der Waals surface area contributed by atoms with Crippen LogP contribution in [0.3, 0.4) is 0 Å². The van der Waals surface area contributed by atoms with E-state index >= 15 is 0 Å². The molecule has 1 amide bonds. The summed E-state index contributed by atoms with van der Waals surface area (Å²) in [6.45, 7) is 1.82. The number of amides is 1. The van der Waals surface area contributed by atoms with Crippen LogP contribution in [-0.2, 0) is 4.79 Å². The van der Waals surface area contributed by atoms with E-state index in [2.05, 4.69) is 9.88 Å². The SMILES string of the molecule is O=C(C1CCC1)N1CC2(C[C@@H](Oc3ccccn3)CS2)C1. The average molecular weight is 304 g/mol. The molecule has 4 rings (SSSR count). The normalized spacial score (nSPS) is 27.2. The van der Waals surface area contributed by atoms with Gasteiger partial charge < -0.3 is 9.64 Å². The van der Waals surface area contributed by atoms with Crippen molar-refractivity contribution in [3.05, 3.63) is 24.4 Å². The largest absolute Gasteiger partial charge is 0.473 e. The van der Waals surface area contributed by atoms with Crippen LogP contribution in [0.15, 0.2) is 24.4 Å². The molecule has 3 heterocycles. The highest BCUT2D eigenvalue weighted by atomic mass is 32.2. The molecule has 1 aromatic heterocycles. The van der Waals surface area contributed by atoms with Crippen molar-refractivity contribution >= 4 is 17.7 Å². The summed E-state index contributed by atoms with van der Waals surface area (Å²) in [6, 6.07) is 5.75. The summed E-state index contributed by atoms with van der Waals surface area (Å²) in [6.07, 6.45) is 6.44. The van der Waals surface area contributed by atoms with E-state index < -0.39 is 0 Å². The van der Waals surface area contributed by atoms with Crippen molar-refractivity contribution in [2.24, 2.45) is 5.92 Å². The van der Waals surface area contributed by atoms with Crippen LogP contribution in [0.2, 0.25) is 0 Å².